The van der Waals surface area contributed by atoms with E-state index in [0.29, 0.717) is 10.8 Å². The molecule has 1 aliphatic rings. The van der Waals surface area contributed by atoms with E-state index in [-0.39, 0.29) is 0 Å². The monoisotopic (exact) mass is 225 g/mol. The number of hydrogen-bond acceptors (Lipinski definition) is 1. The molecule has 0 amide bonds. The van der Waals surface area contributed by atoms with Crippen molar-refractivity contribution in [1.82, 2.24) is 4.90 Å². The van der Waals surface area contributed by atoms with Gasteiger partial charge in [-0.1, -0.05) is 41.0 Å². The van der Waals surface area contributed by atoms with Gasteiger partial charge in [-0.2, -0.15) is 0 Å². The summed E-state index contributed by atoms with van der Waals surface area (Å²) < 4.78 is 0. The van der Waals surface area contributed by atoms with Gasteiger partial charge in [-0.25, -0.2) is 0 Å². The van der Waals surface area contributed by atoms with Gasteiger partial charge in [-0.05, 0) is 43.1 Å². The van der Waals surface area contributed by atoms with Gasteiger partial charge in [-0.15, -0.1) is 0 Å². The summed E-state index contributed by atoms with van der Waals surface area (Å²) >= 11 is 0. The first-order chi connectivity index (χ1) is 7.41. The van der Waals surface area contributed by atoms with E-state index in [1.54, 1.807) is 0 Å². The Hall–Kier alpha value is -0.0400. The lowest BCUT2D eigenvalue weighted by atomic mass is 9.66. The van der Waals surface area contributed by atoms with Crippen LogP contribution in [0.4, 0.5) is 0 Å². The topological polar surface area (TPSA) is 3.24 Å². The van der Waals surface area contributed by atoms with Gasteiger partial charge in [-0.3, -0.25) is 0 Å². The van der Waals surface area contributed by atoms with Crippen LogP contribution in [0.3, 0.4) is 0 Å². The van der Waals surface area contributed by atoms with Crippen molar-refractivity contribution >= 4 is 0 Å². The third-order valence-electron chi connectivity index (χ3n) is 3.96. The molecule has 0 saturated heterocycles. The molecule has 0 radical (unpaired) electrons. The van der Waals surface area contributed by atoms with Crippen LogP contribution < -0.4 is 0 Å². The second-order valence-corrected chi connectivity index (χ2v) is 6.98. The van der Waals surface area contributed by atoms with Crippen molar-refractivity contribution in [3.05, 3.63) is 0 Å². The van der Waals surface area contributed by atoms with Gasteiger partial charge >= 0.3 is 0 Å². The van der Waals surface area contributed by atoms with Crippen molar-refractivity contribution < 1.29 is 0 Å². The molecule has 0 heterocycles. The molecule has 0 aromatic heterocycles. The maximum atomic E-state index is 2.71. The summed E-state index contributed by atoms with van der Waals surface area (Å²) in [5.74, 6) is 0. The summed E-state index contributed by atoms with van der Waals surface area (Å²) in [4.78, 5) is 2.71. The number of hydrogen-bond donors (Lipinski definition) is 0. The third kappa shape index (κ3) is 4.08. The van der Waals surface area contributed by atoms with E-state index in [1.807, 2.05) is 0 Å². The number of nitrogens with zero attached hydrogens (tertiary/aromatic N) is 1. The van der Waals surface area contributed by atoms with Crippen LogP contribution >= 0.6 is 0 Å². The second kappa shape index (κ2) is 5.53. The molecule has 0 aromatic carbocycles. The molecule has 1 saturated carbocycles. The maximum absolute atomic E-state index is 2.71. The zero-order valence-corrected chi connectivity index (χ0v) is 12.1. The van der Waals surface area contributed by atoms with Crippen molar-refractivity contribution in [3.8, 4) is 0 Å². The van der Waals surface area contributed by atoms with E-state index in [4.69, 9.17) is 0 Å². The molecule has 0 aliphatic heterocycles. The number of rotatable bonds is 6. The molecule has 96 valence electrons. The van der Waals surface area contributed by atoms with Gasteiger partial charge in [0.2, 0.25) is 0 Å². The molecule has 0 N–H and O–H groups in total. The fraction of sp³-hybridized carbons (Fsp3) is 1.00. The van der Waals surface area contributed by atoms with E-state index in [2.05, 4.69) is 39.5 Å². The molecular weight excluding hydrogens is 194 g/mol. The van der Waals surface area contributed by atoms with Crippen molar-refractivity contribution in [2.24, 2.45) is 10.8 Å². The Bertz CT molecular complexity index is 192. The summed E-state index contributed by atoms with van der Waals surface area (Å²) in [5, 5.41) is 0. The zero-order chi connectivity index (χ0) is 12.2. The van der Waals surface area contributed by atoms with E-state index in [9.17, 15) is 0 Å². The van der Waals surface area contributed by atoms with Gasteiger partial charge in [0, 0.05) is 13.1 Å². The summed E-state index contributed by atoms with van der Waals surface area (Å²) in [5.41, 5.74) is 1.12. The summed E-state index contributed by atoms with van der Waals surface area (Å²) in [6.07, 6.45) is 7.05. The fourth-order valence-electron chi connectivity index (χ4n) is 2.98. The Morgan fingerprint density at radius 2 is 1.75 bits per heavy atom. The molecule has 0 spiro atoms. The standard InChI is InChI=1S/C15H31N/c1-6-11-16(12-14(3,4)5)13-15(7-2)9-8-10-15/h6-13H2,1-5H3. The van der Waals surface area contributed by atoms with Gasteiger partial charge in [0.15, 0.2) is 0 Å². The first kappa shape index (κ1) is 14.0. The molecule has 16 heavy (non-hydrogen) atoms. The third-order valence-corrected chi connectivity index (χ3v) is 3.96. The predicted molar refractivity (Wildman–Crippen MR) is 72.8 cm³/mol. The minimum atomic E-state index is 0.438. The Balaban J connectivity index is 2.50. The minimum Gasteiger partial charge on any atom is -0.302 e. The molecule has 1 heteroatoms. The van der Waals surface area contributed by atoms with Gasteiger partial charge in [0.05, 0.1) is 0 Å². The molecule has 1 fully saturated rings. The first-order valence-electron chi connectivity index (χ1n) is 7.13. The van der Waals surface area contributed by atoms with E-state index in [1.165, 1.54) is 51.7 Å². The smallest absolute Gasteiger partial charge is 0.00381 e. The van der Waals surface area contributed by atoms with Crippen molar-refractivity contribution in [2.45, 2.75) is 66.7 Å². The van der Waals surface area contributed by atoms with Crippen LogP contribution in [0.25, 0.3) is 0 Å². The highest BCUT2D eigenvalue weighted by molar-refractivity contribution is 4.89. The van der Waals surface area contributed by atoms with Gasteiger partial charge in [0.1, 0.15) is 0 Å². The van der Waals surface area contributed by atoms with Crippen LogP contribution in [0.2, 0.25) is 0 Å². The van der Waals surface area contributed by atoms with E-state index >= 15 is 0 Å². The predicted octanol–water partition coefficient (Wildman–Crippen LogP) is 4.32. The quantitative estimate of drug-likeness (QED) is 0.650. The molecule has 0 aromatic rings. The first-order valence-corrected chi connectivity index (χ1v) is 7.13. The lowest BCUT2D eigenvalue weighted by molar-refractivity contribution is 0.0467. The van der Waals surface area contributed by atoms with Crippen molar-refractivity contribution in [1.29, 1.82) is 0 Å². The van der Waals surface area contributed by atoms with Gasteiger partial charge in [0.25, 0.3) is 0 Å². The highest BCUT2D eigenvalue weighted by atomic mass is 15.1. The molecule has 1 aliphatic carbocycles. The van der Waals surface area contributed by atoms with Crippen LogP contribution in [-0.2, 0) is 0 Å². The lowest BCUT2D eigenvalue weighted by Crippen LogP contribution is -2.45. The normalized spacial score (nSPS) is 19.9. The Kier molecular flexibility index (Phi) is 4.85. The average molecular weight is 225 g/mol. The van der Waals surface area contributed by atoms with Crippen molar-refractivity contribution in [2.75, 3.05) is 19.6 Å². The second-order valence-electron chi connectivity index (χ2n) is 6.98. The SMILES string of the molecule is CCCN(CC(C)(C)C)CC1(CC)CCC1. The highest BCUT2D eigenvalue weighted by Gasteiger charge is 2.36. The van der Waals surface area contributed by atoms with Crippen LogP contribution in [0.1, 0.15) is 66.7 Å². The highest BCUT2D eigenvalue weighted by Crippen LogP contribution is 2.44. The Labute approximate surface area is 103 Å². The zero-order valence-electron chi connectivity index (χ0n) is 12.1. The summed E-state index contributed by atoms with van der Waals surface area (Å²) in [6.45, 7) is 15.6. The molecule has 1 nitrogen and oxygen atoms in total. The van der Waals surface area contributed by atoms with E-state index < -0.39 is 0 Å². The van der Waals surface area contributed by atoms with Crippen LogP contribution in [0.5, 0.6) is 0 Å². The van der Waals surface area contributed by atoms with Crippen LogP contribution in [0.15, 0.2) is 0 Å². The van der Waals surface area contributed by atoms with Gasteiger partial charge < -0.3 is 4.90 Å². The van der Waals surface area contributed by atoms with Crippen LogP contribution in [0, 0.1) is 10.8 Å². The summed E-state index contributed by atoms with van der Waals surface area (Å²) in [7, 11) is 0. The Morgan fingerprint density at radius 3 is 2.06 bits per heavy atom. The minimum absolute atomic E-state index is 0.438. The molecule has 0 atom stereocenters. The Morgan fingerprint density at radius 1 is 1.12 bits per heavy atom. The molecular formula is C15H31N. The van der Waals surface area contributed by atoms with E-state index in [0.717, 1.165) is 0 Å². The lowest BCUT2D eigenvalue weighted by Gasteiger charge is -2.46. The molecule has 0 unspecified atom stereocenters. The average Bonchev–Trinajstić information content (AvgIpc) is 2.09. The van der Waals surface area contributed by atoms with Crippen molar-refractivity contribution in [3.63, 3.8) is 0 Å². The largest absolute Gasteiger partial charge is 0.302 e. The molecule has 1 rings (SSSR count). The molecule has 0 bridgehead atoms. The fourth-order valence-corrected chi connectivity index (χ4v) is 2.98. The summed E-state index contributed by atoms with van der Waals surface area (Å²) in [6, 6.07) is 0. The van der Waals surface area contributed by atoms with Crippen LogP contribution in [-0.4, -0.2) is 24.5 Å². The maximum Gasteiger partial charge on any atom is 0.00381 e.